The topological polar surface area (TPSA) is 53.8 Å². The largest absolute Gasteiger partial charge is 0.465 e. The van der Waals surface area contributed by atoms with Crippen LogP contribution in [-0.2, 0) is 9.59 Å². The van der Waals surface area contributed by atoms with E-state index in [4.69, 9.17) is 16.6 Å². The van der Waals surface area contributed by atoms with Crippen LogP contribution in [0.3, 0.4) is 0 Å². The summed E-state index contributed by atoms with van der Waals surface area (Å²) in [5.74, 6) is 0.585. The second-order valence-electron chi connectivity index (χ2n) is 5.89. The van der Waals surface area contributed by atoms with E-state index in [1.54, 1.807) is 24.5 Å². The van der Waals surface area contributed by atoms with Crippen LogP contribution in [-0.4, -0.2) is 45.6 Å². The van der Waals surface area contributed by atoms with E-state index in [9.17, 15) is 9.59 Å². The molecule has 128 valence electrons. The van der Waals surface area contributed by atoms with Crippen molar-refractivity contribution in [3.63, 3.8) is 0 Å². The second kappa shape index (κ2) is 7.98. The standard InChI is InChI=1S/C17H20N2O3S2/c20-15(18-8-3-1-2-4-9-18)7-10-19-16(21)14(24-17(19)23)12-13-6-5-11-22-13/h5-6,11-12H,1-4,7-10H2/b14-12+. The molecule has 0 spiro atoms. The number of thiocarbonyl (C=S) groups is 1. The maximum Gasteiger partial charge on any atom is 0.266 e. The predicted octanol–water partition coefficient (Wildman–Crippen LogP) is 3.27. The third-order valence-electron chi connectivity index (χ3n) is 4.20. The molecule has 1 aromatic rings. The number of carbonyl (C=O) groups excluding carboxylic acids is 2. The molecular formula is C17H20N2O3S2. The molecule has 2 aliphatic rings. The normalized spacial score (nSPS) is 20.8. The van der Waals surface area contributed by atoms with E-state index in [0.29, 0.717) is 28.0 Å². The monoisotopic (exact) mass is 364 g/mol. The highest BCUT2D eigenvalue weighted by Crippen LogP contribution is 2.32. The third kappa shape index (κ3) is 4.08. The van der Waals surface area contributed by atoms with Gasteiger partial charge in [-0.1, -0.05) is 36.8 Å². The zero-order valence-corrected chi connectivity index (χ0v) is 15.0. The Bertz CT molecular complexity index is 647. The number of amides is 2. The molecule has 2 fully saturated rings. The molecule has 5 nitrogen and oxygen atoms in total. The van der Waals surface area contributed by atoms with E-state index in [0.717, 1.165) is 25.9 Å². The number of rotatable bonds is 4. The van der Waals surface area contributed by atoms with Gasteiger partial charge in [0.2, 0.25) is 5.91 Å². The molecule has 24 heavy (non-hydrogen) atoms. The number of carbonyl (C=O) groups is 2. The maximum absolute atomic E-state index is 12.5. The number of hydrogen-bond donors (Lipinski definition) is 0. The minimum Gasteiger partial charge on any atom is -0.465 e. The average molecular weight is 364 g/mol. The highest BCUT2D eigenvalue weighted by Gasteiger charge is 2.32. The molecule has 7 heteroatoms. The SMILES string of the molecule is O=C(CCN1C(=O)/C(=C\c2ccco2)SC1=S)N1CCCCCC1. The van der Waals surface area contributed by atoms with Crippen molar-refractivity contribution >= 4 is 46.2 Å². The molecule has 2 saturated heterocycles. The van der Waals surface area contributed by atoms with Crippen molar-refractivity contribution in [3.8, 4) is 0 Å². The molecule has 0 bridgehead atoms. The van der Waals surface area contributed by atoms with E-state index < -0.39 is 0 Å². The molecule has 0 unspecified atom stereocenters. The number of thioether (sulfide) groups is 1. The number of likely N-dealkylation sites (tertiary alicyclic amines) is 1. The van der Waals surface area contributed by atoms with Crippen LogP contribution in [0, 0.1) is 0 Å². The van der Waals surface area contributed by atoms with Gasteiger partial charge in [-0.2, -0.15) is 0 Å². The number of nitrogens with zero attached hydrogens (tertiary/aromatic N) is 2. The third-order valence-corrected chi connectivity index (χ3v) is 5.58. The van der Waals surface area contributed by atoms with Crippen molar-refractivity contribution in [2.24, 2.45) is 0 Å². The molecule has 0 radical (unpaired) electrons. The van der Waals surface area contributed by atoms with Gasteiger partial charge in [-0.15, -0.1) is 0 Å². The summed E-state index contributed by atoms with van der Waals surface area (Å²) in [6.07, 6.45) is 8.09. The highest BCUT2D eigenvalue weighted by molar-refractivity contribution is 8.26. The van der Waals surface area contributed by atoms with Crippen molar-refractivity contribution in [2.45, 2.75) is 32.1 Å². The van der Waals surface area contributed by atoms with Crippen molar-refractivity contribution in [2.75, 3.05) is 19.6 Å². The molecule has 0 saturated carbocycles. The predicted molar refractivity (Wildman–Crippen MR) is 98.3 cm³/mol. The second-order valence-corrected chi connectivity index (χ2v) is 7.57. The first-order chi connectivity index (χ1) is 11.6. The quantitative estimate of drug-likeness (QED) is 0.606. The Morgan fingerprint density at radius 1 is 1.29 bits per heavy atom. The molecule has 0 aromatic carbocycles. The Balaban J connectivity index is 1.58. The Morgan fingerprint density at radius 2 is 2.04 bits per heavy atom. The van der Waals surface area contributed by atoms with Crippen LogP contribution in [0.1, 0.15) is 37.9 Å². The molecule has 2 amide bonds. The molecule has 0 aliphatic carbocycles. The Kier molecular flexibility index (Phi) is 5.73. The lowest BCUT2D eigenvalue weighted by atomic mass is 10.2. The van der Waals surface area contributed by atoms with Gasteiger partial charge >= 0.3 is 0 Å². The molecule has 3 heterocycles. The van der Waals surface area contributed by atoms with Gasteiger partial charge in [0.25, 0.3) is 5.91 Å². The summed E-state index contributed by atoms with van der Waals surface area (Å²) < 4.78 is 5.74. The van der Waals surface area contributed by atoms with E-state index in [-0.39, 0.29) is 11.8 Å². The summed E-state index contributed by atoms with van der Waals surface area (Å²) in [5.41, 5.74) is 0. The fourth-order valence-electron chi connectivity index (χ4n) is 2.88. The first kappa shape index (κ1) is 17.2. The average Bonchev–Trinajstić information content (AvgIpc) is 3.05. The molecule has 0 N–H and O–H groups in total. The molecule has 3 rings (SSSR count). The lowest BCUT2D eigenvalue weighted by molar-refractivity contribution is -0.131. The van der Waals surface area contributed by atoms with Crippen molar-refractivity contribution < 1.29 is 14.0 Å². The van der Waals surface area contributed by atoms with Gasteiger partial charge in [0.1, 0.15) is 10.1 Å². The summed E-state index contributed by atoms with van der Waals surface area (Å²) in [6, 6.07) is 3.56. The fraction of sp³-hybridized carbons (Fsp3) is 0.471. The minimum absolute atomic E-state index is 0.112. The van der Waals surface area contributed by atoms with Gasteiger partial charge in [-0.3, -0.25) is 14.5 Å². The summed E-state index contributed by atoms with van der Waals surface area (Å²) in [5, 5.41) is 0. The van der Waals surface area contributed by atoms with Crippen molar-refractivity contribution in [1.82, 2.24) is 9.80 Å². The van der Waals surface area contributed by atoms with Gasteiger partial charge in [0, 0.05) is 32.1 Å². The van der Waals surface area contributed by atoms with Crippen LogP contribution in [0.5, 0.6) is 0 Å². The number of hydrogen-bond acceptors (Lipinski definition) is 5. The Hall–Kier alpha value is -1.60. The van der Waals surface area contributed by atoms with Gasteiger partial charge in [0.05, 0.1) is 11.2 Å². The molecule has 1 aromatic heterocycles. The fourth-order valence-corrected chi connectivity index (χ4v) is 4.17. The Morgan fingerprint density at radius 3 is 2.71 bits per heavy atom. The number of furan rings is 1. The lowest BCUT2D eigenvalue weighted by Crippen LogP contribution is -2.36. The summed E-state index contributed by atoms with van der Waals surface area (Å²) in [7, 11) is 0. The first-order valence-corrected chi connectivity index (χ1v) is 9.44. The van der Waals surface area contributed by atoms with E-state index in [1.807, 2.05) is 4.90 Å². The summed E-state index contributed by atoms with van der Waals surface area (Å²) in [6.45, 7) is 2.00. The maximum atomic E-state index is 12.5. The first-order valence-electron chi connectivity index (χ1n) is 8.22. The molecule has 0 atom stereocenters. The van der Waals surface area contributed by atoms with Crippen LogP contribution in [0.15, 0.2) is 27.7 Å². The minimum atomic E-state index is -0.148. The molecule has 2 aliphatic heterocycles. The van der Waals surface area contributed by atoms with Crippen LogP contribution in [0.2, 0.25) is 0 Å². The van der Waals surface area contributed by atoms with Gasteiger partial charge in [-0.05, 0) is 25.0 Å². The lowest BCUT2D eigenvalue weighted by Gasteiger charge is -2.22. The zero-order valence-electron chi connectivity index (χ0n) is 13.4. The smallest absolute Gasteiger partial charge is 0.266 e. The van der Waals surface area contributed by atoms with Crippen LogP contribution < -0.4 is 0 Å². The van der Waals surface area contributed by atoms with E-state index in [2.05, 4.69) is 0 Å². The van der Waals surface area contributed by atoms with Gasteiger partial charge in [-0.25, -0.2) is 0 Å². The summed E-state index contributed by atoms with van der Waals surface area (Å²) in [4.78, 5) is 28.8. The van der Waals surface area contributed by atoms with Crippen LogP contribution >= 0.6 is 24.0 Å². The molecular weight excluding hydrogens is 344 g/mol. The zero-order chi connectivity index (χ0) is 16.9. The van der Waals surface area contributed by atoms with Crippen molar-refractivity contribution in [3.05, 3.63) is 29.1 Å². The van der Waals surface area contributed by atoms with Crippen LogP contribution in [0.25, 0.3) is 6.08 Å². The van der Waals surface area contributed by atoms with Crippen LogP contribution in [0.4, 0.5) is 0 Å². The van der Waals surface area contributed by atoms with Crippen molar-refractivity contribution in [1.29, 1.82) is 0 Å². The summed E-state index contributed by atoms with van der Waals surface area (Å²) >= 11 is 6.55. The van der Waals surface area contributed by atoms with Gasteiger partial charge < -0.3 is 9.32 Å². The van der Waals surface area contributed by atoms with Gasteiger partial charge in [0.15, 0.2) is 0 Å². The van der Waals surface area contributed by atoms with E-state index in [1.165, 1.54) is 29.5 Å². The van der Waals surface area contributed by atoms with E-state index >= 15 is 0 Å². The highest BCUT2D eigenvalue weighted by atomic mass is 32.2. The Labute approximate surface area is 151 Å².